The number of nitrogens with two attached hydrogens (primary N) is 1. The van der Waals surface area contributed by atoms with Gasteiger partial charge in [0.25, 0.3) is 0 Å². The summed E-state index contributed by atoms with van der Waals surface area (Å²) in [5, 5.41) is 0. The van der Waals surface area contributed by atoms with E-state index in [0.29, 0.717) is 6.07 Å². The number of benzene rings is 2. The van der Waals surface area contributed by atoms with Crippen LogP contribution in [0.2, 0.25) is 0 Å². The molecule has 0 spiro atoms. The molecule has 104 valence electrons. The van der Waals surface area contributed by atoms with E-state index in [-0.39, 0.29) is 16.8 Å². The molecule has 0 heterocycles. The number of carbonyl (C=O) groups is 1. The van der Waals surface area contributed by atoms with Crippen LogP contribution in [-0.4, -0.2) is 5.97 Å². The van der Waals surface area contributed by atoms with Gasteiger partial charge in [-0.3, -0.25) is 0 Å². The van der Waals surface area contributed by atoms with Gasteiger partial charge in [0, 0.05) is 17.3 Å². The van der Waals surface area contributed by atoms with Crippen molar-refractivity contribution in [1.29, 1.82) is 0 Å². The molecule has 6 heteroatoms. The van der Waals surface area contributed by atoms with E-state index >= 15 is 0 Å². The molecule has 0 radical (unpaired) electrons. The Hall–Kier alpha value is -2.50. The lowest BCUT2D eigenvalue weighted by Crippen LogP contribution is -2.09. The van der Waals surface area contributed by atoms with E-state index in [4.69, 9.17) is 10.5 Å². The van der Waals surface area contributed by atoms with Crippen LogP contribution in [0.4, 0.5) is 18.9 Å². The van der Waals surface area contributed by atoms with Gasteiger partial charge in [0.15, 0.2) is 0 Å². The highest BCUT2D eigenvalue weighted by atomic mass is 19.1. The molecular weight excluding hydrogens is 271 g/mol. The van der Waals surface area contributed by atoms with Crippen LogP contribution in [0.5, 0.6) is 0 Å². The van der Waals surface area contributed by atoms with Gasteiger partial charge in [0.05, 0.1) is 5.56 Å². The predicted octanol–water partition coefficient (Wildman–Crippen LogP) is 3.04. The molecule has 0 aliphatic heterocycles. The summed E-state index contributed by atoms with van der Waals surface area (Å²) in [5.74, 6) is -3.34. The van der Waals surface area contributed by atoms with Crippen LogP contribution in [0.1, 0.15) is 15.9 Å². The van der Waals surface area contributed by atoms with Crippen LogP contribution < -0.4 is 5.73 Å². The first-order chi connectivity index (χ1) is 9.47. The summed E-state index contributed by atoms with van der Waals surface area (Å²) in [5.41, 5.74) is 5.29. The molecule has 0 aliphatic rings. The molecule has 0 bridgehead atoms. The van der Waals surface area contributed by atoms with E-state index in [0.717, 1.165) is 24.3 Å². The Bertz CT molecular complexity index is 659. The van der Waals surface area contributed by atoms with Crippen LogP contribution >= 0.6 is 0 Å². The zero-order chi connectivity index (χ0) is 14.7. The van der Waals surface area contributed by atoms with Crippen molar-refractivity contribution in [2.45, 2.75) is 6.61 Å². The third-order valence-corrected chi connectivity index (χ3v) is 2.58. The number of carbonyl (C=O) groups excluding carboxylic acids is 1. The van der Waals surface area contributed by atoms with E-state index in [1.54, 1.807) is 0 Å². The highest BCUT2D eigenvalue weighted by molar-refractivity contribution is 5.90. The number of ether oxygens (including phenoxy) is 1. The van der Waals surface area contributed by atoms with Crippen molar-refractivity contribution in [3.05, 3.63) is 65.0 Å². The third kappa shape index (κ3) is 3.09. The lowest BCUT2D eigenvalue weighted by molar-refractivity contribution is 0.0463. The van der Waals surface area contributed by atoms with Gasteiger partial charge in [0.1, 0.15) is 24.1 Å². The summed E-state index contributed by atoms with van der Waals surface area (Å²) < 4.78 is 44.2. The van der Waals surface area contributed by atoms with Crippen molar-refractivity contribution in [2.24, 2.45) is 0 Å². The molecule has 0 unspecified atom stereocenters. The second-order valence-corrected chi connectivity index (χ2v) is 4.05. The van der Waals surface area contributed by atoms with E-state index in [1.165, 1.54) is 6.07 Å². The second-order valence-electron chi connectivity index (χ2n) is 4.05. The predicted molar refractivity (Wildman–Crippen MR) is 66.3 cm³/mol. The largest absolute Gasteiger partial charge is 0.457 e. The van der Waals surface area contributed by atoms with Crippen molar-refractivity contribution in [2.75, 3.05) is 5.73 Å². The minimum absolute atomic E-state index is 0.0101. The molecule has 0 fully saturated rings. The Balaban J connectivity index is 2.10. The second kappa shape index (κ2) is 5.64. The fourth-order valence-corrected chi connectivity index (χ4v) is 1.56. The molecule has 0 aliphatic carbocycles. The smallest absolute Gasteiger partial charge is 0.341 e. The van der Waals surface area contributed by atoms with Crippen LogP contribution in [-0.2, 0) is 11.3 Å². The monoisotopic (exact) mass is 281 g/mol. The molecule has 3 nitrogen and oxygen atoms in total. The Morgan fingerprint density at radius 1 is 1.05 bits per heavy atom. The summed E-state index contributed by atoms with van der Waals surface area (Å²) >= 11 is 0. The number of rotatable bonds is 3. The Kier molecular flexibility index (Phi) is 3.93. The lowest BCUT2D eigenvalue weighted by Gasteiger charge is -2.07. The van der Waals surface area contributed by atoms with Gasteiger partial charge in [-0.25, -0.2) is 18.0 Å². The Labute approximate surface area is 112 Å². The normalized spacial score (nSPS) is 10.3. The van der Waals surface area contributed by atoms with Gasteiger partial charge in [-0.05, 0) is 30.3 Å². The van der Waals surface area contributed by atoms with Gasteiger partial charge in [-0.1, -0.05) is 0 Å². The maximum Gasteiger partial charge on any atom is 0.341 e. The SMILES string of the molecule is Nc1ccc(F)c(C(=O)OCc2ccc(F)cc2F)c1. The zero-order valence-corrected chi connectivity index (χ0v) is 10.2. The molecule has 2 N–H and O–H groups in total. The number of hydrogen-bond donors (Lipinski definition) is 1. The number of nitrogen functional groups attached to an aromatic ring is 1. The van der Waals surface area contributed by atoms with Crippen LogP contribution in [0.25, 0.3) is 0 Å². The van der Waals surface area contributed by atoms with E-state index in [2.05, 4.69) is 0 Å². The highest BCUT2D eigenvalue weighted by Crippen LogP contribution is 2.15. The number of anilines is 1. The first-order valence-corrected chi connectivity index (χ1v) is 5.63. The van der Waals surface area contributed by atoms with Crippen molar-refractivity contribution in [1.82, 2.24) is 0 Å². The summed E-state index contributed by atoms with van der Waals surface area (Å²) in [6, 6.07) is 6.31. The van der Waals surface area contributed by atoms with E-state index in [9.17, 15) is 18.0 Å². The van der Waals surface area contributed by atoms with Crippen molar-refractivity contribution in [3.63, 3.8) is 0 Å². The number of esters is 1. The first kappa shape index (κ1) is 13.9. The van der Waals surface area contributed by atoms with Crippen LogP contribution in [0, 0.1) is 17.5 Å². The van der Waals surface area contributed by atoms with Gasteiger partial charge < -0.3 is 10.5 Å². The Morgan fingerprint density at radius 2 is 1.80 bits per heavy atom. The lowest BCUT2D eigenvalue weighted by atomic mass is 10.2. The van der Waals surface area contributed by atoms with E-state index < -0.39 is 30.0 Å². The maximum absolute atomic E-state index is 13.4. The molecule has 20 heavy (non-hydrogen) atoms. The van der Waals surface area contributed by atoms with Gasteiger partial charge in [-0.2, -0.15) is 0 Å². The molecule has 0 amide bonds. The van der Waals surface area contributed by atoms with Crippen LogP contribution in [0.15, 0.2) is 36.4 Å². The molecular formula is C14H10F3NO2. The molecule has 0 saturated carbocycles. The molecule has 2 aromatic rings. The number of halogens is 3. The summed E-state index contributed by atoms with van der Waals surface area (Å²) in [4.78, 5) is 11.7. The fourth-order valence-electron chi connectivity index (χ4n) is 1.56. The van der Waals surface area contributed by atoms with Crippen LogP contribution in [0.3, 0.4) is 0 Å². The minimum atomic E-state index is -0.974. The zero-order valence-electron chi connectivity index (χ0n) is 10.2. The summed E-state index contributed by atoms with van der Waals surface area (Å²) in [6.07, 6.45) is 0. The molecule has 2 rings (SSSR count). The first-order valence-electron chi connectivity index (χ1n) is 5.63. The molecule has 2 aromatic carbocycles. The number of hydrogen-bond acceptors (Lipinski definition) is 3. The summed E-state index contributed by atoms with van der Waals surface area (Å²) in [7, 11) is 0. The third-order valence-electron chi connectivity index (χ3n) is 2.58. The molecule has 0 atom stereocenters. The van der Waals surface area contributed by atoms with Gasteiger partial charge in [0.2, 0.25) is 0 Å². The quantitative estimate of drug-likeness (QED) is 0.695. The highest BCUT2D eigenvalue weighted by Gasteiger charge is 2.14. The summed E-state index contributed by atoms with van der Waals surface area (Å²) in [6.45, 7) is -0.431. The van der Waals surface area contributed by atoms with Gasteiger partial charge in [-0.15, -0.1) is 0 Å². The molecule has 0 saturated heterocycles. The fraction of sp³-hybridized carbons (Fsp3) is 0.0714. The van der Waals surface area contributed by atoms with E-state index in [1.807, 2.05) is 0 Å². The van der Waals surface area contributed by atoms with Crippen molar-refractivity contribution < 1.29 is 22.7 Å². The Morgan fingerprint density at radius 3 is 2.50 bits per heavy atom. The maximum atomic E-state index is 13.4. The van der Waals surface area contributed by atoms with Gasteiger partial charge >= 0.3 is 5.97 Å². The standard InChI is InChI=1S/C14H10F3NO2/c15-9-2-1-8(13(17)5-9)7-20-14(19)11-6-10(18)3-4-12(11)16/h1-6H,7,18H2. The average Bonchev–Trinajstić information content (AvgIpc) is 2.40. The average molecular weight is 281 g/mol. The topological polar surface area (TPSA) is 52.3 Å². The minimum Gasteiger partial charge on any atom is -0.457 e. The molecule has 0 aromatic heterocycles. The van der Waals surface area contributed by atoms with Crippen molar-refractivity contribution >= 4 is 11.7 Å². The van der Waals surface area contributed by atoms with Crippen molar-refractivity contribution in [3.8, 4) is 0 Å².